The zero-order chi connectivity index (χ0) is 12.7. The second kappa shape index (κ2) is 4.03. The maximum atomic E-state index is 6.02. The fourth-order valence-corrected chi connectivity index (χ4v) is 2.10. The third-order valence-corrected chi connectivity index (χ3v) is 3.40. The zero-order valence-corrected chi connectivity index (χ0v) is 10.6. The molecule has 0 aliphatic carbocycles. The Labute approximate surface area is 110 Å². The van der Waals surface area contributed by atoms with Gasteiger partial charge in [-0.3, -0.25) is 0 Å². The van der Waals surface area contributed by atoms with Crippen LogP contribution in [0.4, 0.5) is 5.69 Å². The van der Waals surface area contributed by atoms with Crippen LogP contribution in [0.25, 0.3) is 22.4 Å². The summed E-state index contributed by atoms with van der Waals surface area (Å²) in [5, 5.41) is 0.759. The molecule has 0 spiro atoms. The molecule has 3 aromatic rings. The molecule has 0 unspecified atom stereocenters. The Bertz CT molecular complexity index is 731. The summed E-state index contributed by atoms with van der Waals surface area (Å²) in [6.07, 6.45) is 0. The summed E-state index contributed by atoms with van der Waals surface area (Å²) >= 11 is 6.02. The lowest BCUT2D eigenvalue weighted by Gasteiger charge is -2.00. The molecule has 3 nitrogen and oxygen atoms in total. The van der Waals surface area contributed by atoms with E-state index in [1.54, 1.807) is 0 Å². The number of nitrogens with one attached hydrogen (secondary N) is 1. The quantitative estimate of drug-likeness (QED) is 0.652. The van der Waals surface area contributed by atoms with E-state index in [2.05, 4.69) is 9.97 Å². The Balaban J connectivity index is 2.19. The van der Waals surface area contributed by atoms with Gasteiger partial charge in [-0.05, 0) is 42.8 Å². The Morgan fingerprint density at radius 2 is 2.06 bits per heavy atom. The summed E-state index contributed by atoms with van der Waals surface area (Å²) < 4.78 is 0. The van der Waals surface area contributed by atoms with E-state index in [-0.39, 0.29) is 0 Å². The highest BCUT2D eigenvalue weighted by molar-refractivity contribution is 6.31. The molecule has 18 heavy (non-hydrogen) atoms. The SMILES string of the molecule is Cc1cc(-c2nc3c(N)cccc3[nH]2)ccc1Cl. The van der Waals surface area contributed by atoms with Crippen molar-refractivity contribution in [2.45, 2.75) is 6.92 Å². The number of imidazole rings is 1. The van der Waals surface area contributed by atoms with Crippen LogP contribution in [0.1, 0.15) is 5.56 Å². The molecule has 3 rings (SSSR count). The number of hydrogen-bond donors (Lipinski definition) is 2. The Hall–Kier alpha value is -2.00. The minimum absolute atomic E-state index is 0.681. The molecule has 0 amide bonds. The highest BCUT2D eigenvalue weighted by atomic mass is 35.5. The number of rotatable bonds is 1. The van der Waals surface area contributed by atoms with Gasteiger partial charge >= 0.3 is 0 Å². The van der Waals surface area contributed by atoms with Gasteiger partial charge in [-0.1, -0.05) is 17.7 Å². The van der Waals surface area contributed by atoms with Crippen molar-refractivity contribution in [1.29, 1.82) is 0 Å². The zero-order valence-electron chi connectivity index (χ0n) is 9.87. The number of H-pyrrole nitrogens is 1. The topological polar surface area (TPSA) is 54.7 Å². The number of halogens is 1. The standard InChI is InChI=1S/C14H12ClN3/c1-8-7-9(5-6-10(8)15)14-17-12-4-2-3-11(16)13(12)18-14/h2-7H,16H2,1H3,(H,17,18). The van der Waals surface area contributed by atoms with Crippen LogP contribution in [0.5, 0.6) is 0 Å². The van der Waals surface area contributed by atoms with Crippen LogP contribution in [-0.2, 0) is 0 Å². The van der Waals surface area contributed by atoms with Gasteiger partial charge in [-0.15, -0.1) is 0 Å². The van der Waals surface area contributed by atoms with Gasteiger partial charge in [-0.2, -0.15) is 0 Å². The van der Waals surface area contributed by atoms with Crippen LogP contribution in [-0.4, -0.2) is 9.97 Å². The normalized spacial score (nSPS) is 11.0. The van der Waals surface area contributed by atoms with Gasteiger partial charge < -0.3 is 10.7 Å². The van der Waals surface area contributed by atoms with Gasteiger partial charge in [0, 0.05) is 10.6 Å². The highest BCUT2D eigenvalue weighted by Gasteiger charge is 2.08. The maximum absolute atomic E-state index is 6.02. The fraction of sp³-hybridized carbons (Fsp3) is 0.0714. The number of nitrogens with two attached hydrogens (primary N) is 1. The first-order valence-electron chi connectivity index (χ1n) is 5.66. The predicted octanol–water partition coefficient (Wildman–Crippen LogP) is 3.77. The molecule has 0 saturated heterocycles. The number of aromatic amines is 1. The van der Waals surface area contributed by atoms with Crippen molar-refractivity contribution in [1.82, 2.24) is 9.97 Å². The molecule has 0 bridgehead atoms. The second-order valence-electron chi connectivity index (χ2n) is 4.29. The largest absolute Gasteiger partial charge is 0.397 e. The van der Waals surface area contributed by atoms with Crippen molar-refractivity contribution in [3.63, 3.8) is 0 Å². The minimum Gasteiger partial charge on any atom is -0.397 e. The van der Waals surface area contributed by atoms with Crippen LogP contribution in [0.15, 0.2) is 36.4 Å². The molecule has 0 fully saturated rings. The molecule has 1 heterocycles. The summed E-state index contributed by atoms with van der Waals surface area (Å²) in [5.41, 5.74) is 10.4. The average molecular weight is 258 g/mol. The maximum Gasteiger partial charge on any atom is 0.138 e. The van der Waals surface area contributed by atoms with Crippen LogP contribution < -0.4 is 5.73 Å². The summed E-state index contributed by atoms with van der Waals surface area (Å²) in [7, 11) is 0. The number of nitrogen functional groups attached to an aromatic ring is 1. The lowest BCUT2D eigenvalue weighted by atomic mass is 10.1. The second-order valence-corrected chi connectivity index (χ2v) is 4.70. The molecule has 3 N–H and O–H groups in total. The van der Waals surface area contributed by atoms with Gasteiger partial charge in [0.1, 0.15) is 11.3 Å². The lowest BCUT2D eigenvalue weighted by molar-refractivity contribution is 1.32. The molecule has 90 valence electrons. The monoisotopic (exact) mass is 257 g/mol. The summed E-state index contributed by atoms with van der Waals surface area (Å²) in [6, 6.07) is 11.6. The third kappa shape index (κ3) is 1.73. The van der Waals surface area contributed by atoms with E-state index < -0.39 is 0 Å². The van der Waals surface area contributed by atoms with E-state index in [1.807, 2.05) is 43.3 Å². The first-order chi connectivity index (χ1) is 8.65. The van der Waals surface area contributed by atoms with E-state index in [0.717, 1.165) is 33.0 Å². The molecule has 0 saturated carbocycles. The van der Waals surface area contributed by atoms with Crippen molar-refractivity contribution >= 4 is 28.3 Å². The number of aryl methyl sites for hydroxylation is 1. The number of anilines is 1. The minimum atomic E-state index is 0.681. The van der Waals surface area contributed by atoms with Crippen molar-refractivity contribution in [2.75, 3.05) is 5.73 Å². The van der Waals surface area contributed by atoms with Crippen LogP contribution >= 0.6 is 11.6 Å². The van der Waals surface area contributed by atoms with Crippen molar-refractivity contribution in [2.24, 2.45) is 0 Å². The third-order valence-electron chi connectivity index (χ3n) is 2.98. The Kier molecular flexibility index (Phi) is 2.49. The van der Waals surface area contributed by atoms with Gasteiger partial charge in [0.05, 0.1) is 11.2 Å². The highest BCUT2D eigenvalue weighted by Crippen LogP contribution is 2.26. The van der Waals surface area contributed by atoms with Crippen LogP contribution in [0.3, 0.4) is 0 Å². The van der Waals surface area contributed by atoms with E-state index in [9.17, 15) is 0 Å². The number of para-hydroxylation sites is 1. The molecule has 2 aromatic carbocycles. The smallest absolute Gasteiger partial charge is 0.138 e. The summed E-state index contributed by atoms with van der Waals surface area (Å²) in [6.45, 7) is 1.98. The number of nitrogens with zero attached hydrogens (tertiary/aromatic N) is 1. The summed E-state index contributed by atoms with van der Waals surface area (Å²) in [4.78, 5) is 7.79. The van der Waals surface area contributed by atoms with Crippen LogP contribution in [0.2, 0.25) is 5.02 Å². The van der Waals surface area contributed by atoms with Gasteiger partial charge in [0.15, 0.2) is 0 Å². The van der Waals surface area contributed by atoms with Gasteiger partial charge in [0.2, 0.25) is 0 Å². The predicted molar refractivity (Wildman–Crippen MR) is 75.7 cm³/mol. The van der Waals surface area contributed by atoms with E-state index in [1.165, 1.54) is 0 Å². The molecule has 1 aromatic heterocycles. The van der Waals surface area contributed by atoms with Crippen molar-refractivity contribution in [3.8, 4) is 11.4 Å². The first kappa shape index (κ1) is 11.1. The van der Waals surface area contributed by atoms with Gasteiger partial charge in [0.25, 0.3) is 0 Å². The number of benzene rings is 2. The first-order valence-corrected chi connectivity index (χ1v) is 6.03. The molecular weight excluding hydrogens is 246 g/mol. The molecular formula is C14H12ClN3. The molecule has 0 radical (unpaired) electrons. The molecule has 0 aliphatic rings. The van der Waals surface area contributed by atoms with Crippen molar-refractivity contribution < 1.29 is 0 Å². The van der Waals surface area contributed by atoms with E-state index >= 15 is 0 Å². The van der Waals surface area contributed by atoms with E-state index in [4.69, 9.17) is 17.3 Å². The van der Waals surface area contributed by atoms with Gasteiger partial charge in [-0.25, -0.2) is 4.98 Å². The number of fused-ring (bicyclic) bond motifs is 1. The Morgan fingerprint density at radius 1 is 1.22 bits per heavy atom. The van der Waals surface area contributed by atoms with Crippen molar-refractivity contribution in [3.05, 3.63) is 47.0 Å². The van der Waals surface area contributed by atoms with E-state index in [0.29, 0.717) is 5.69 Å². The fourth-order valence-electron chi connectivity index (χ4n) is 1.98. The number of hydrogen-bond acceptors (Lipinski definition) is 2. The molecule has 4 heteroatoms. The number of aromatic nitrogens is 2. The Morgan fingerprint density at radius 3 is 2.78 bits per heavy atom. The molecule has 0 aliphatic heterocycles. The average Bonchev–Trinajstić information content (AvgIpc) is 2.78. The molecule has 0 atom stereocenters. The summed E-state index contributed by atoms with van der Waals surface area (Å²) in [5.74, 6) is 0.808. The lowest BCUT2D eigenvalue weighted by Crippen LogP contribution is -1.85. The van der Waals surface area contributed by atoms with Crippen LogP contribution in [0, 0.1) is 6.92 Å².